The van der Waals surface area contributed by atoms with Crippen LogP contribution in [0, 0.1) is 12.8 Å². The maximum Gasteiger partial charge on any atom is 0.250 e. The van der Waals surface area contributed by atoms with Gasteiger partial charge in [0.15, 0.2) is 0 Å². The fraction of sp³-hybridized carbons (Fsp3) is 0.333. The molecular formula is C30H32N4O. The predicted octanol–water partition coefficient (Wildman–Crippen LogP) is 5.14. The zero-order valence-corrected chi connectivity index (χ0v) is 20.6. The van der Waals surface area contributed by atoms with Crippen LogP contribution in [0.5, 0.6) is 0 Å². The highest BCUT2D eigenvalue weighted by Crippen LogP contribution is 2.45. The van der Waals surface area contributed by atoms with Gasteiger partial charge in [0.1, 0.15) is 0 Å². The summed E-state index contributed by atoms with van der Waals surface area (Å²) in [6.45, 7) is 8.79. The van der Waals surface area contributed by atoms with Crippen molar-refractivity contribution in [2.24, 2.45) is 13.0 Å². The van der Waals surface area contributed by atoms with Crippen molar-refractivity contribution in [2.75, 3.05) is 13.1 Å². The van der Waals surface area contributed by atoms with E-state index in [-0.39, 0.29) is 11.0 Å². The standard InChI is InChI=1S/C30H32N4O/c1-21-15-28-25(18-31-34(28)26-11-12-29(35)32(3)19-26)16-27(21)30(17-23-7-5-4-6-8-23)13-14-33(20-30)22(2)24-9-10-24/h4-8,11-12,15-16,18-19,24H,2,9-10,13-14,17,20H2,1,3H3. The summed E-state index contributed by atoms with van der Waals surface area (Å²) in [5.41, 5.74) is 7.39. The number of pyridine rings is 1. The molecule has 6 rings (SSSR count). The summed E-state index contributed by atoms with van der Waals surface area (Å²) in [4.78, 5) is 14.4. The van der Waals surface area contributed by atoms with Gasteiger partial charge in [0.25, 0.3) is 0 Å². The predicted molar refractivity (Wildman–Crippen MR) is 141 cm³/mol. The molecule has 0 N–H and O–H groups in total. The number of aromatic nitrogens is 3. The molecule has 0 bridgehead atoms. The van der Waals surface area contributed by atoms with E-state index >= 15 is 0 Å². The zero-order chi connectivity index (χ0) is 24.2. The number of rotatable bonds is 6. The normalized spacial score (nSPS) is 20.0. The highest BCUT2D eigenvalue weighted by Gasteiger charge is 2.43. The van der Waals surface area contributed by atoms with Crippen molar-refractivity contribution in [3.8, 4) is 5.69 Å². The average molecular weight is 465 g/mol. The number of hydrogen-bond acceptors (Lipinski definition) is 3. The number of aryl methyl sites for hydroxylation is 2. The molecular weight excluding hydrogens is 432 g/mol. The molecule has 1 saturated carbocycles. The summed E-state index contributed by atoms with van der Waals surface area (Å²) < 4.78 is 3.53. The first-order chi connectivity index (χ1) is 16.9. The van der Waals surface area contributed by atoms with Crippen LogP contribution in [0.4, 0.5) is 0 Å². The minimum atomic E-state index is -0.0231. The lowest BCUT2D eigenvalue weighted by molar-refractivity contribution is 0.358. The summed E-state index contributed by atoms with van der Waals surface area (Å²) >= 11 is 0. The molecule has 2 fully saturated rings. The molecule has 5 nitrogen and oxygen atoms in total. The number of nitrogens with zero attached hydrogens (tertiary/aromatic N) is 4. The molecule has 2 aromatic carbocycles. The molecule has 2 aromatic heterocycles. The fourth-order valence-corrected chi connectivity index (χ4v) is 5.90. The SMILES string of the molecule is C=C(C1CC1)N1CCC(Cc2ccccc2)(c2cc3cnn(-c4ccc(=O)n(C)c4)c3cc2C)C1. The van der Waals surface area contributed by atoms with Crippen LogP contribution in [0.1, 0.15) is 36.0 Å². The topological polar surface area (TPSA) is 43.1 Å². The van der Waals surface area contributed by atoms with Crippen LogP contribution in [-0.2, 0) is 18.9 Å². The number of hydrogen-bond donors (Lipinski definition) is 0. The van der Waals surface area contributed by atoms with E-state index in [1.54, 1.807) is 17.7 Å². The third kappa shape index (κ3) is 3.89. The second kappa shape index (κ2) is 8.26. The molecule has 1 unspecified atom stereocenters. The first-order valence-electron chi connectivity index (χ1n) is 12.6. The van der Waals surface area contributed by atoms with Gasteiger partial charge in [-0.2, -0.15) is 5.10 Å². The third-order valence-corrected chi connectivity index (χ3v) is 7.99. The Balaban J connectivity index is 1.43. The first-order valence-corrected chi connectivity index (χ1v) is 12.6. The Bertz CT molecular complexity index is 1480. The molecule has 1 aliphatic carbocycles. The van der Waals surface area contributed by atoms with E-state index in [2.05, 4.69) is 60.9 Å². The Morgan fingerprint density at radius 3 is 2.69 bits per heavy atom. The molecule has 0 radical (unpaired) electrons. The van der Waals surface area contributed by atoms with Crippen molar-refractivity contribution in [2.45, 2.75) is 38.0 Å². The summed E-state index contributed by atoms with van der Waals surface area (Å²) in [7, 11) is 1.77. The van der Waals surface area contributed by atoms with Crippen molar-refractivity contribution >= 4 is 10.9 Å². The Morgan fingerprint density at radius 2 is 1.94 bits per heavy atom. The van der Waals surface area contributed by atoms with E-state index in [1.807, 2.05) is 23.1 Å². The quantitative estimate of drug-likeness (QED) is 0.397. The van der Waals surface area contributed by atoms with E-state index in [0.717, 1.165) is 42.5 Å². The Labute approximate surface area is 206 Å². The van der Waals surface area contributed by atoms with Crippen LogP contribution >= 0.6 is 0 Å². The van der Waals surface area contributed by atoms with Crippen LogP contribution in [0.2, 0.25) is 0 Å². The monoisotopic (exact) mass is 464 g/mol. The van der Waals surface area contributed by atoms with Crippen molar-refractivity contribution in [3.63, 3.8) is 0 Å². The van der Waals surface area contributed by atoms with Gasteiger partial charge in [0.2, 0.25) is 5.56 Å². The lowest BCUT2D eigenvalue weighted by Gasteiger charge is -2.33. The van der Waals surface area contributed by atoms with Gasteiger partial charge in [-0.25, -0.2) is 4.68 Å². The molecule has 5 heteroatoms. The largest absolute Gasteiger partial charge is 0.374 e. The maximum absolute atomic E-state index is 11.9. The van der Waals surface area contributed by atoms with Crippen molar-refractivity contribution in [1.82, 2.24) is 19.2 Å². The molecule has 1 aliphatic heterocycles. The average Bonchev–Trinajstić information content (AvgIpc) is 3.50. The van der Waals surface area contributed by atoms with Crippen LogP contribution < -0.4 is 5.56 Å². The van der Waals surface area contributed by atoms with E-state index in [4.69, 9.17) is 5.10 Å². The number of benzene rings is 2. The fourth-order valence-electron chi connectivity index (χ4n) is 5.90. The smallest absolute Gasteiger partial charge is 0.250 e. The van der Waals surface area contributed by atoms with Gasteiger partial charge in [-0.1, -0.05) is 36.9 Å². The lowest BCUT2D eigenvalue weighted by Crippen LogP contribution is -2.34. The summed E-state index contributed by atoms with van der Waals surface area (Å²) in [5.74, 6) is 0.686. The molecule has 4 aromatic rings. The van der Waals surface area contributed by atoms with Crippen LogP contribution in [-0.4, -0.2) is 32.3 Å². The molecule has 0 amide bonds. The molecule has 1 saturated heterocycles. The molecule has 3 heterocycles. The number of fused-ring (bicyclic) bond motifs is 1. The van der Waals surface area contributed by atoms with Crippen molar-refractivity contribution < 1.29 is 0 Å². The Morgan fingerprint density at radius 1 is 1.14 bits per heavy atom. The van der Waals surface area contributed by atoms with Crippen molar-refractivity contribution in [1.29, 1.82) is 0 Å². The summed E-state index contributed by atoms with van der Waals surface area (Å²) in [6, 6.07) is 19.0. The van der Waals surface area contributed by atoms with Crippen LogP contribution in [0.3, 0.4) is 0 Å². The number of likely N-dealkylation sites (tertiary alicyclic amines) is 1. The first kappa shape index (κ1) is 21.9. The van der Waals surface area contributed by atoms with Crippen molar-refractivity contribution in [3.05, 3.63) is 106 Å². The highest BCUT2D eigenvalue weighted by molar-refractivity contribution is 5.82. The van der Waals surface area contributed by atoms with Gasteiger partial charge in [0.05, 0.1) is 17.4 Å². The van der Waals surface area contributed by atoms with E-state index < -0.39 is 0 Å². The second-order valence-electron chi connectivity index (χ2n) is 10.5. The van der Waals surface area contributed by atoms with E-state index in [9.17, 15) is 4.79 Å². The number of allylic oxidation sites excluding steroid dienone is 1. The van der Waals surface area contributed by atoms with E-state index in [1.165, 1.54) is 35.2 Å². The zero-order valence-electron chi connectivity index (χ0n) is 20.6. The van der Waals surface area contributed by atoms with Gasteiger partial charge in [-0.15, -0.1) is 0 Å². The molecule has 35 heavy (non-hydrogen) atoms. The minimum Gasteiger partial charge on any atom is -0.374 e. The lowest BCUT2D eigenvalue weighted by atomic mass is 9.73. The molecule has 1 atom stereocenters. The van der Waals surface area contributed by atoms with Gasteiger partial charge in [0, 0.05) is 48.9 Å². The summed E-state index contributed by atoms with van der Waals surface area (Å²) in [5, 5.41) is 5.83. The molecule has 178 valence electrons. The highest BCUT2D eigenvalue weighted by atomic mass is 16.1. The van der Waals surface area contributed by atoms with Gasteiger partial charge < -0.3 is 9.47 Å². The van der Waals surface area contributed by atoms with Gasteiger partial charge in [-0.05, 0) is 73.4 Å². The maximum atomic E-state index is 11.9. The minimum absolute atomic E-state index is 0.0231. The summed E-state index contributed by atoms with van der Waals surface area (Å²) in [6.07, 6.45) is 8.51. The molecule has 0 spiro atoms. The van der Waals surface area contributed by atoms with E-state index in [0.29, 0.717) is 5.92 Å². The third-order valence-electron chi connectivity index (χ3n) is 7.99. The Hall–Kier alpha value is -3.60. The molecule has 2 aliphatic rings. The Kier molecular flexibility index (Phi) is 5.17. The van der Waals surface area contributed by atoms with Crippen LogP contribution in [0.15, 0.2) is 84.1 Å². The second-order valence-corrected chi connectivity index (χ2v) is 10.5. The van der Waals surface area contributed by atoms with Gasteiger partial charge in [-0.3, -0.25) is 4.79 Å². The van der Waals surface area contributed by atoms with Gasteiger partial charge >= 0.3 is 0 Å². The van der Waals surface area contributed by atoms with Crippen LogP contribution in [0.25, 0.3) is 16.6 Å².